The van der Waals surface area contributed by atoms with Gasteiger partial charge < -0.3 is 72.7 Å². The van der Waals surface area contributed by atoms with E-state index in [-0.39, 0.29) is 89.4 Å². The number of thiophene rings is 2. The number of ketones is 2. The van der Waals surface area contributed by atoms with Gasteiger partial charge >= 0.3 is 30.1 Å². The maximum Gasteiger partial charge on any atom is 0.416 e. The Hall–Kier alpha value is -7.75. The van der Waals surface area contributed by atoms with E-state index < -0.39 is 30.1 Å². The maximum atomic E-state index is 13.0. The first-order valence-corrected chi connectivity index (χ1v) is 56.0. The molecule has 796 valence electrons. The number of hydrogen-bond acceptors (Lipinski definition) is 29. The second kappa shape index (κ2) is 60.5. The molecule has 34 heteroatoms. The topological polar surface area (TPSA) is 292 Å². The zero-order valence-corrected chi connectivity index (χ0v) is 88.8. The van der Waals surface area contributed by atoms with Gasteiger partial charge in [0.05, 0.1) is 120 Å². The summed E-state index contributed by atoms with van der Waals surface area (Å²) in [5.41, 5.74) is 5.34. The Morgan fingerprint density at radius 3 is 1.55 bits per heavy atom. The van der Waals surface area contributed by atoms with E-state index in [1.54, 1.807) is 47.8 Å². The number of esters is 4. The minimum absolute atomic E-state index is 0.0134. The number of thioether (sulfide) groups is 2. The van der Waals surface area contributed by atoms with Gasteiger partial charge in [-0.15, -0.1) is 46.2 Å². The molecule has 8 aromatic rings. The lowest BCUT2D eigenvalue weighted by Crippen LogP contribution is -2.38. The third-order valence-corrected chi connectivity index (χ3v) is 33.6. The van der Waals surface area contributed by atoms with Crippen LogP contribution in [0.3, 0.4) is 0 Å². The number of benzene rings is 6. The summed E-state index contributed by atoms with van der Waals surface area (Å²) >= 11 is 18.4. The lowest BCUT2D eigenvalue weighted by atomic mass is 9.85. The molecule has 8 fully saturated rings. The lowest BCUT2D eigenvalue weighted by Gasteiger charge is -2.29. The van der Waals surface area contributed by atoms with E-state index in [0.717, 1.165) is 217 Å². The average molecular weight is 2140 g/mol. The number of rotatable bonds is 45. The summed E-state index contributed by atoms with van der Waals surface area (Å²) in [5.74, 6) is 1.59. The predicted molar refractivity (Wildman–Crippen MR) is 564 cm³/mol. The van der Waals surface area contributed by atoms with E-state index in [1.165, 1.54) is 45.3 Å². The van der Waals surface area contributed by atoms with Crippen molar-refractivity contribution in [3.63, 3.8) is 0 Å². The third kappa shape index (κ3) is 37.7. The fourth-order valence-corrected chi connectivity index (χ4v) is 24.6. The molecule has 16 rings (SSSR count). The second-order valence-electron chi connectivity index (χ2n) is 39.2. The van der Waals surface area contributed by atoms with Crippen LogP contribution in [0.25, 0.3) is 0 Å². The van der Waals surface area contributed by atoms with Crippen molar-refractivity contribution in [2.24, 2.45) is 47.3 Å². The van der Waals surface area contributed by atoms with E-state index >= 15 is 0 Å². The van der Waals surface area contributed by atoms with Crippen LogP contribution >= 0.6 is 69.4 Å². The molecule has 4 unspecified atom stereocenters. The highest BCUT2D eigenvalue weighted by atomic mass is 35.5. The highest BCUT2D eigenvalue weighted by Crippen LogP contribution is 2.43. The minimum Gasteiger partial charge on any atom is -0.461 e. The fraction of sp³-hybridized carbons (Fsp3) is 0.554. The monoisotopic (exact) mass is 2130 g/mol. The predicted octanol–water partition coefficient (Wildman–Crippen LogP) is 18.2. The van der Waals surface area contributed by atoms with Crippen LogP contribution in [0.5, 0.6) is 0 Å². The molecule has 4 N–H and O–H groups in total. The molecule has 4 saturated carbocycles. The molecule has 0 bridgehead atoms. The number of carbonyl (C=O) groups is 6. The smallest absolute Gasteiger partial charge is 0.416 e. The fourth-order valence-electron chi connectivity index (χ4n) is 20.0. The van der Waals surface area contributed by atoms with Crippen LogP contribution in [0.15, 0.2) is 180 Å². The van der Waals surface area contributed by atoms with Gasteiger partial charge in [-0.3, -0.25) is 29.2 Å². The minimum atomic E-state index is -4.35. The Kier molecular flexibility index (Phi) is 47.8. The molecule has 12 atom stereocenters. The Morgan fingerprint density at radius 1 is 0.466 bits per heavy atom. The molecule has 4 aliphatic heterocycles. The molecule has 2 aromatic heterocycles. The first kappa shape index (κ1) is 115. The summed E-state index contributed by atoms with van der Waals surface area (Å²) < 4.78 is 94.2. The summed E-state index contributed by atoms with van der Waals surface area (Å²) in [4.78, 5) is 91.5. The van der Waals surface area contributed by atoms with E-state index in [0.29, 0.717) is 155 Å². The van der Waals surface area contributed by atoms with E-state index in [9.17, 15) is 62.4 Å². The Bertz CT molecular complexity index is 5330. The molecule has 6 aromatic carbocycles. The molecule has 0 radical (unpaired) electrons. The highest BCUT2D eigenvalue weighted by molar-refractivity contribution is 7.99. The van der Waals surface area contributed by atoms with Gasteiger partial charge in [-0.25, -0.2) is 19.2 Å². The first-order valence-electron chi connectivity index (χ1n) is 51.6. The van der Waals surface area contributed by atoms with Gasteiger partial charge in [0.25, 0.3) is 0 Å². The van der Waals surface area contributed by atoms with E-state index in [1.807, 2.05) is 104 Å². The number of anilines is 1. The Labute approximate surface area is 883 Å². The van der Waals surface area contributed by atoms with Gasteiger partial charge in [0.1, 0.15) is 47.7 Å². The van der Waals surface area contributed by atoms with Gasteiger partial charge in [0.2, 0.25) is 0 Å². The number of Topliss-reactive ketones (excluding diaryl/α,β-unsaturated/α-hetero) is 2. The lowest BCUT2D eigenvalue weighted by molar-refractivity contribution is -0.137. The molecule has 25 nitrogen and oxygen atoms in total. The van der Waals surface area contributed by atoms with Crippen LogP contribution < -0.4 is 4.90 Å². The van der Waals surface area contributed by atoms with Crippen LogP contribution in [0.2, 0.25) is 10.0 Å². The summed E-state index contributed by atoms with van der Waals surface area (Å²) in [6.45, 7) is 23.6. The van der Waals surface area contributed by atoms with Crippen molar-refractivity contribution in [1.29, 1.82) is 0 Å². The SMILES string of the molecule is CC(C)c1cccc(SC[C@H]2C(O)CC(=O)[C@@H]2CCCc2ccc(C(=O)OCCN3CCOCC3)s2)c1.CN(C[C@H]1C(O)CC(O)[C@@H]1COCc1ccc(C(=O)OCCN2CCOCC2)s1)c1ccc(Cl)cc1.O=C(OCCN1CCOCC1)c1cccc(CCC[C@H]2C(=O)CC[C@@H]2CCc2cccc(C(F)(F)F)c2)c1.O=C(OCCN1CCOCC1)c1cccc(COC[C@H]2C(O)CC[C@@H]2CSc2cccc(Cl)c2)c1. The van der Waals surface area contributed by atoms with Crippen LogP contribution in [-0.4, -0.2) is 296 Å². The molecule has 6 heterocycles. The standard InChI is InChI=1S/C30H36F3NO4.C29H39NO5S2.C27H34ClNO5S.C26H35ClN2O6S/c31-30(32,33)26-8-2-5-23(21-26)10-11-24-12-13-28(35)27(24)9-3-6-22-4-1-7-25(20-22)29(36)38-19-16-34-14-17-37-18-15-34;1-20(2)21-5-3-7-23(17-21)36-19-25-24(26(31)18-27(25)32)8-4-6-22-9-10-28(37-22)29(33)35-16-13-30-11-14-34-15-12-30;28-23-5-2-6-24(16-23)35-19-22-7-8-26(30)25(22)18-33-17-20-3-1-4-21(15-20)27(31)34-14-11-29-9-12-32-13-10-29;1-28(19-4-2-18(27)3-5-19)15-21-22(24(31)14-23(21)30)17-34-16-20-6-7-25(36-20)26(32)35-13-10-29-8-11-33-12-9-29/h1-2,4-5,7-8,20-21,24,27H,3,6,9-19H2;3,5,7,9-10,17,20,24-25,27,32H,4,6,8,11-16,18-19H2,1-2H3;1-6,15-16,22,25-26,30H,7-14,17-19H2;2-7,21-24,30-31H,8-17H2,1H3/t24-,27+;24-,25-,27?;22-,25-,26?;21-,22-,23?,24?/m0111/s1. The number of aryl methyl sites for hydroxylation is 3. The van der Waals surface area contributed by atoms with Gasteiger partial charge in [-0.1, -0.05) is 97.7 Å². The van der Waals surface area contributed by atoms with Crippen molar-refractivity contribution >= 4 is 111 Å². The number of morpholine rings is 4. The van der Waals surface area contributed by atoms with Crippen molar-refractivity contribution in [3.05, 3.63) is 238 Å². The molecular weight excluding hydrogens is 1990 g/mol. The van der Waals surface area contributed by atoms with Crippen molar-refractivity contribution < 1.29 is 110 Å². The van der Waals surface area contributed by atoms with Crippen molar-refractivity contribution in [3.8, 4) is 0 Å². The highest BCUT2D eigenvalue weighted by Gasteiger charge is 2.44. The normalized spacial score (nSPS) is 22.6. The van der Waals surface area contributed by atoms with Crippen molar-refractivity contribution in [2.75, 3.05) is 201 Å². The van der Waals surface area contributed by atoms with Crippen LogP contribution in [0.4, 0.5) is 18.9 Å². The number of aliphatic hydroxyl groups excluding tert-OH is 4. The zero-order chi connectivity index (χ0) is 103. The summed E-state index contributed by atoms with van der Waals surface area (Å²) in [5, 5.41) is 43.7. The Balaban J connectivity index is 0.000000163. The van der Waals surface area contributed by atoms with Crippen molar-refractivity contribution in [1.82, 2.24) is 19.6 Å². The second-order valence-corrected chi connectivity index (χ2v) is 44.6. The number of alkyl halides is 3. The van der Waals surface area contributed by atoms with E-state index in [2.05, 4.69) is 68.7 Å². The Morgan fingerprint density at radius 2 is 0.966 bits per heavy atom. The molecule has 146 heavy (non-hydrogen) atoms. The third-order valence-electron chi connectivity index (χ3n) is 28.7. The average Bonchev–Trinajstić information content (AvgIpc) is 1.39. The maximum absolute atomic E-state index is 13.0. The number of halogens is 5. The van der Waals surface area contributed by atoms with Crippen LogP contribution in [-0.2, 0) is 95.6 Å². The van der Waals surface area contributed by atoms with E-state index in [4.69, 9.17) is 70.6 Å². The van der Waals surface area contributed by atoms with Gasteiger partial charge in [-0.05, 0) is 226 Å². The number of nitrogens with zero attached hydrogens (tertiary/aromatic N) is 5. The summed E-state index contributed by atoms with van der Waals surface area (Å²) in [6, 6.07) is 51.8. The quantitative estimate of drug-likeness (QED) is 0.0157. The molecule has 0 amide bonds. The van der Waals surface area contributed by atoms with Gasteiger partial charge in [0.15, 0.2) is 0 Å². The molecular formula is C112H144Cl2F3N5O20S4. The largest absolute Gasteiger partial charge is 0.461 e. The van der Waals surface area contributed by atoms with Crippen molar-refractivity contribution in [2.45, 2.75) is 163 Å². The van der Waals surface area contributed by atoms with Gasteiger partial charge in [0, 0.05) is 187 Å². The molecule has 0 spiro atoms. The van der Waals surface area contributed by atoms with Crippen LogP contribution in [0, 0.1) is 47.3 Å². The number of hydrogen-bond donors (Lipinski definition) is 4. The first-order chi connectivity index (χ1) is 70.7. The molecule has 8 aliphatic rings. The number of aliphatic hydroxyl groups is 4. The summed E-state index contributed by atoms with van der Waals surface area (Å²) in [6.07, 6.45) is 3.30. The molecule has 4 aliphatic carbocycles. The van der Waals surface area contributed by atoms with Crippen LogP contribution in [0.1, 0.15) is 168 Å². The zero-order valence-electron chi connectivity index (χ0n) is 84.1. The molecule has 4 saturated heterocycles. The summed E-state index contributed by atoms with van der Waals surface area (Å²) in [7, 11) is 1.96. The van der Waals surface area contributed by atoms with Gasteiger partial charge in [-0.2, -0.15) is 13.2 Å². The number of carbonyl (C=O) groups excluding carboxylic acids is 6. The number of ether oxygens (including phenoxy) is 10.